The molecule has 0 spiro atoms. The molecule has 1 fully saturated rings. The van der Waals surface area contributed by atoms with E-state index in [0.717, 1.165) is 8.47 Å². The second-order valence-electron chi connectivity index (χ2n) is 5.64. The number of benzene rings is 1. The van der Waals surface area contributed by atoms with Crippen molar-refractivity contribution in [3.63, 3.8) is 0 Å². The molecule has 0 unspecified atom stereocenters. The average Bonchev–Trinajstić information content (AvgIpc) is 2.67. The van der Waals surface area contributed by atoms with Gasteiger partial charge in [-0.2, -0.15) is 0 Å². The number of nitrogens with zero attached hydrogens (tertiary/aromatic N) is 2. The Hall–Kier alpha value is -2.95. The lowest BCUT2D eigenvalue weighted by atomic mass is 10.1. The molecule has 4 amide bonds. The van der Waals surface area contributed by atoms with Gasteiger partial charge in [0.15, 0.2) is 11.5 Å². The third-order valence-corrected chi connectivity index (χ3v) is 4.66. The molecule has 2 heterocycles. The highest BCUT2D eigenvalue weighted by Gasteiger charge is 2.37. The van der Waals surface area contributed by atoms with Crippen molar-refractivity contribution in [3.8, 4) is 11.5 Å². The van der Waals surface area contributed by atoms with Gasteiger partial charge in [-0.15, -0.1) is 0 Å². The summed E-state index contributed by atoms with van der Waals surface area (Å²) in [5, 5.41) is 2.18. The van der Waals surface area contributed by atoms with E-state index in [-0.39, 0.29) is 11.3 Å². The van der Waals surface area contributed by atoms with Crippen LogP contribution < -0.4 is 19.7 Å². The number of hydrogen-bond acceptors (Lipinski definition) is 6. The smallest absolute Gasteiger partial charge is 0.336 e. The normalized spacial score (nSPS) is 15.6. The van der Waals surface area contributed by atoms with Crippen molar-refractivity contribution in [2.45, 2.75) is 6.92 Å². The highest BCUT2D eigenvalue weighted by atomic mass is 127. The molecule has 2 aromatic rings. The number of barbiturate groups is 1. The second kappa shape index (κ2) is 8.38. The van der Waals surface area contributed by atoms with Gasteiger partial charge in [0.1, 0.15) is 5.57 Å². The van der Waals surface area contributed by atoms with E-state index in [4.69, 9.17) is 9.47 Å². The van der Waals surface area contributed by atoms with E-state index in [0.29, 0.717) is 23.7 Å². The molecule has 3 rings (SSSR count). The van der Waals surface area contributed by atoms with Gasteiger partial charge in [-0.3, -0.25) is 19.9 Å². The lowest BCUT2D eigenvalue weighted by Gasteiger charge is -2.26. The molecule has 0 radical (unpaired) electrons. The summed E-state index contributed by atoms with van der Waals surface area (Å²) in [5.74, 6) is -0.439. The van der Waals surface area contributed by atoms with E-state index in [1.54, 1.807) is 24.3 Å². The van der Waals surface area contributed by atoms with Crippen LogP contribution in [0.1, 0.15) is 12.5 Å². The van der Waals surface area contributed by atoms with E-state index >= 15 is 0 Å². The Kier molecular flexibility index (Phi) is 5.93. The molecule has 0 saturated carbocycles. The number of methoxy groups -OCH3 is 1. The zero-order valence-electron chi connectivity index (χ0n) is 15.1. The molecule has 9 heteroatoms. The lowest BCUT2D eigenvalue weighted by molar-refractivity contribution is -0.122. The fourth-order valence-corrected chi connectivity index (χ4v) is 3.43. The van der Waals surface area contributed by atoms with Crippen LogP contribution in [0.4, 0.5) is 10.5 Å². The number of nitrogens with one attached hydrogen (secondary N) is 1. The van der Waals surface area contributed by atoms with Gasteiger partial charge in [-0.05, 0) is 65.4 Å². The molecular formula is C19H16IN3O5. The molecule has 1 saturated heterocycles. The quantitative estimate of drug-likeness (QED) is 0.391. The molecule has 28 heavy (non-hydrogen) atoms. The third-order valence-electron chi connectivity index (χ3n) is 3.86. The molecule has 1 aromatic heterocycles. The first-order chi connectivity index (χ1) is 13.5. The number of pyridine rings is 1. The number of urea groups is 1. The Labute approximate surface area is 174 Å². The Bertz CT molecular complexity index is 975. The van der Waals surface area contributed by atoms with E-state index in [9.17, 15) is 14.4 Å². The van der Waals surface area contributed by atoms with Gasteiger partial charge < -0.3 is 9.47 Å². The number of hydrogen-bond donors (Lipinski definition) is 1. The zero-order valence-corrected chi connectivity index (χ0v) is 17.2. The van der Waals surface area contributed by atoms with Crippen LogP contribution in [0.15, 0.2) is 42.2 Å². The minimum Gasteiger partial charge on any atom is -0.493 e. The van der Waals surface area contributed by atoms with Crippen LogP contribution in [0, 0.1) is 3.57 Å². The summed E-state index contributed by atoms with van der Waals surface area (Å²) in [4.78, 5) is 42.1. The van der Waals surface area contributed by atoms with Gasteiger partial charge in [-0.25, -0.2) is 9.69 Å². The fourth-order valence-electron chi connectivity index (χ4n) is 2.65. The molecule has 1 aliphatic rings. The summed E-state index contributed by atoms with van der Waals surface area (Å²) in [6.45, 7) is 2.33. The number of anilines is 1. The number of imide groups is 2. The minimum absolute atomic E-state index is 0.175. The highest BCUT2D eigenvalue weighted by Crippen LogP contribution is 2.35. The molecule has 0 bridgehead atoms. The van der Waals surface area contributed by atoms with Gasteiger partial charge in [-0.1, -0.05) is 0 Å². The molecule has 144 valence electrons. The van der Waals surface area contributed by atoms with Gasteiger partial charge >= 0.3 is 6.03 Å². The number of aromatic nitrogens is 1. The number of carbonyl (C=O) groups excluding carboxylic acids is 3. The summed E-state index contributed by atoms with van der Waals surface area (Å²) in [6.07, 6.45) is 4.30. The summed E-state index contributed by atoms with van der Waals surface area (Å²) in [6, 6.07) is 5.74. The van der Waals surface area contributed by atoms with Crippen LogP contribution in [0.3, 0.4) is 0 Å². The molecule has 1 aliphatic heterocycles. The number of rotatable bonds is 5. The van der Waals surface area contributed by atoms with E-state index < -0.39 is 17.8 Å². The van der Waals surface area contributed by atoms with Crippen LogP contribution in [0.5, 0.6) is 11.5 Å². The standard InChI is InChI=1S/C19H16IN3O5/c1-3-28-16-14(20)8-11(9-15(16)27-2)7-13-17(24)22-19(26)23(18(13)25)12-5-4-6-21-10-12/h4-10H,3H2,1-2H3,(H,22,24,26)/b13-7-. The van der Waals surface area contributed by atoms with Crippen LogP contribution in [-0.2, 0) is 9.59 Å². The highest BCUT2D eigenvalue weighted by molar-refractivity contribution is 14.1. The van der Waals surface area contributed by atoms with E-state index in [2.05, 4.69) is 32.9 Å². The summed E-state index contributed by atoms with van der Waals surface area (Å²) >= 11 is 2.09. The predicted molar refractivity (Wildman–Crippen MR) is 110 cm³/mol. The van der Waals surface area contributed by atoms with Crippen molar-refractivity contribution in [1.82, 2.24) is 10.3 Å². The minimum atomic E-state index is -0.820. The first-order valence-electron chi connectivity index (χ1n) is 8.28. The maximum Gasteiger partial charge on any atom is 0.336 e. The van der Waals surface area contributed by atoms with Crippen molar-refractivity contribution in [2.75, 3.05) is 18.6 Å². The Morgan fingerprint density at radius 3 is 2.71 bits per heavy atom. The molecule has 0 atom stereocenters. The number of carbonyl (C=O) groups is 3. The molecular weight excluding hydrogens is 477 g/mol. The monoisotopic (exact) mass is 493 g/mol. The number of amides is 4. The van der Waals surface area contributed by atoms with Crippen molar-refractivity contribution >= 4 is 52.2 Å². The number of ether oxygens (including phenoxy) is 2. The molecule has 1 aromatic carbocycles. The first-order valence-corrected chi connectivity index (χ1v) is 9.36. The van der Waals surface area contributed by atoms with Gasteiger partial charge in [0.25, 0.3) is 11.8 Å². The number of halogens is 1. The summed E-state index contributed by atoms with van der Waals surface area (Å²) in [5.41, 5.74) is 0.649. The molecule has 8 nitrogen and oxygen atoms in total. The maximum atomic E-state index is 12.9. The zero-order chi connectivity index (χ0) is 20.3. The second-order valence-corrected chi connectivity index (χ2v) is 6.80. The first kappa shape index (κ1) is 19.8. The van der Waals surface area contributed by atoms with Gasteiger partial charge in [0.05, 0.1) is 29.2 Å². The SMILES string of the molecule is CCOc1c(I)cc(/C=C2/C(=O)NC(=O)N(c3cccnc3)C2=O)cc1OC. The van der Waals surface area contributed by atoms with Crippen LogP contribution in [-0.4, -0.2) is 36.5 Å². The van der Waals surface area contributed by atoms with E-state index in [1.165, 1.54) is 25.6 Å². The molecule has 1 N–H and O–H groups in total. The summed E-state index contributed by atoms with van der Waals surface area (Å²) < 4.78 is 11.7. The van der Waals surface area contributed by atoms with Gasteiger partial charge in [0.2, 0.25) is 0 Å². The Morgan fingerprint density at radius 2 is 2.07 bits per heavy atom. The predicted octanol–water partition coefficient (Wildman–Crippen LogP) is 2.76. The maximum absolute atomic E-state index is 12.9. The van der Waals surface area contributed by atoms with Gasteiger partial charge in [0, 0.05) is 6.20 Å². The lowest BCUT2D eigenvalue weighted by Crippen LogP contribution is -2.54. The third kappa shape index (κ3) is 3.84. The van der Waals surface area contributed by atoms with Crippen molar-refractivity contribution in [2.24, 2.45) is 0 Å². The average molecular weight is 493 g/mol. The largest absolute Gasteiger partial charge is 0.493 e. The summed E-state index contributed by atoms with van der Waals surface area (Å²) in [7, 11) is 1.51. The Balaban J connectivity index is 2.03. The van der Waals surface area contributed by atoms with E-state index in [1.807, 2.05) is 6.92 Å². The van der Waals surface area contributed by atoms with Crippen LogP contribution in [0.2, 0.25) is 0 Å². The molecule has 0 aliphatic carbocycles. The van der Waals surface area contributed by atoms with Crippen molar-refractivity contribution < 1.29 is 23.9 Å². The van der Waals surface area contributed by atoms with Crippen molar-refractivity contribution in [1.29, 1.82) is 0 Å². The topological polar surface area (TPSA) is 97.8 Å². The van der Waals surface area contributed by atoms with Crippen LogP contribution in [0.25, 0.3) is 6.08 Å². The fraction of sp³-hybridized carbons (Fsp3) is 0.158. The van der Waals surface area contributed by atoms with Crippen LogP contribution >= 0.6 is 22.6 Å². The van der Waals surface area contributed by atoms with Crippen molar-refractivity contribution in [3.05, 3.63) is 51.4 Å². The Morgan fingerprint density at radius 1 is 1.29 bits per heavy atom.